The van der Waals surface area contributed by atoms with Crippen molar-refractivity contribution in [2.24, 2.45) is 0 Å². The first-order chi connectivity index (χ1) is 8.74. The molecule has 0 spiro atoms. The van der Waals surface area contributed by atoms with E-state index in [0.717, 1.165) is 50.9 Å². The number of rotatable bonds is 4. The Morgan fingerprint density at radius 2 is 1.33 bits per heavy atom. The molecule has 2 rings (SSSR count). The van der Waals surface area contributed by atoms with Gasteiger partial charge in [0, 0.05) is 12.2 Å². The molecule has 6 heteroatoms. The van der Waals surface area contributed by atoms with Crippen LogP contribution in [0, 0.1) is 0 Å². The Balaban J connectivity index is 1.68. The van der Waals surface area contributed by atoms with Crippen LogP contribution in [0.4, 0.5) is 0 Å². The van der Waals surface area contributed by atoms with Gasteiger partial charge in [-0.15, -0.1) is 0 Å². The second-order valence-electron chi connectivity index (χ2n) is 4.38. The maximum absolute atomic E-state index is 11.4. The third-order valence-corrected chi connectivity index (χ3v) is 2.90. The van der Waals surface area contributed by atoms with Gasteiger partial charge in [0.25, 0.3) is 0 Å². The van der Waals surface area contributed by atoms with Crippen molar-refractivity contribution in [3.63, 3.8) is 0 Å². The molecule has 0 aromatic rings. The topological polar surface area (TPSA) is 76.7 Å². The SMILES string of the molecule is O=C(/C=C/C(=O)OC1CCCN1)OC1CCCN1. The monoisotopic (exact) mass is 254 g/mol. The zero-order chi connectivity index (χ0) is 12.8. The number of hydrogen-bond donors (Lipinski definition) is 2. The van der Waals surface area contributed by atoms with Gasteiger partial charge in [-0.05, 0) is 38.8 Å². The fourth-order valence-electron chi connectivity index (χ4n) is 2.00. The van der Waals surface area contributed by atoms with Crippen LogP contribution >= 0.6 is 0 Å². The second-order valence-corrected chi connectivity index (χ2v) is 4.38. The summed E-state index contributed by atoms with van der Waals surface area (Å²) in [6.07, 6.45) is 5.39. The molecule has 100 valence electrons. The largest absolute Gasteiger partial charge is 0.443 e. The van der Waals surface area contributed by atoms with Crippen molar-refractivity contribution < 1.29 is 19.1 Å². The van der Waals surface area contributed by atoms with Crippen molar-refractivity contribution in [3.05, 3.63) is 12.2 Å². The van der Waals surface area contributed by atoms with Gasteiger partial charge in [-0.25, -0.2) is 9.59 Å². The molecule has 0 aromatic heterocycles. The van der Waals surface area contributed by atoms with E-state index in [1.165, 1.54) is 0 Å². The molecule has 2 N–H and O–H groups in total. The van der Waals surface area contributed by atoms with Gasteiger partial charge < -0.3 is 9.47 Å². The van der Waals surface area contributed by atoms with E-state index in [2.05, 4.69) is 10.6 Å². The Bertz CT molecular complexity index is 299. The summed E-state index contributed by atoms with van der Waals surface area (Å²) in [6.45, 7) is 1.72. The summed E-state index contributed by atoms with van der Waals surface area (Å²) in [5.41, 5.74) is 0. The molecule has 2 fully saturated rings. The molecule has 0 bridgehead atoms. The van der Waals surface area contributed by atoms with Gasteiger partial charge in [0.15, 0.2) is 12.5 Å². The highest BCUT2D eigenvalue weighted by Crippen LogP contribution is 2.08. The van der Waals surface area contributed by atoms with Crippen LogP contribution in [0.1, 0.15) is 25.7 Å². The van der Waals surface area contributed by atoms with E-state index in [1.54, 1.807) is 0 Å². The highest BCUT2D eigenvalue weighted by Gasteiger charge is 2.18. The molecule has 0 amide bonds. The average molecular weight is 254 g/mol. The quantitative estimate of drug-likeness (QED) is 0.545. The van der Waals surface area contributed by atoms with Gasteiger partial charge in [0.2, 0.25) is 0 Å². The lowest BCUT2D eigenvalue weighted by Gasteiger charge is -2.10. The molecule has 6 nitrogen and oxygen atoms in total. The fourth-order valence-corrected chi connectivity index (χ4v) is 2.00. The van der Waals surface area contributed by atoms with E-state index in [4.69, 9.17) is 9.47 Å². The van der Waals surface area contributed by atoms with Crippen molar-refractivity contribution in [2.75, 3.05) is 13.1 Å². The normalized spacial score (nSPS) is 27.6. The lowest BCUT2D eigenvalue weighted by molar-refractivity contribution is -0.146. The first-order valence-electron chi connectivity index (χ1n) is 6.30. The molecule has 0 saturated carbocycles. The number of hydrogen-bond acceptors (Lipinski definition) is 6. The summed E-state index contributed by atoms with van der Waals surface area (Å²) in [6, 6.07) is 0. The molecular weight excluding hydrogens is 236 g/mol. The number of carbonyl (C=O) groups is 2. The molecule has 2 aliphatic rings. The van der Waals surface area contributed by atoms with Crippen molar-refractivity contribution >= 4 is 11.9 Å². The van der Waals surface area contributed by atoms with Gasteiger partial charge in [0.1, 0.15) is 0 Å². The maximum atomic E-state index is 11.4. The predicted molar refractivity (Wildman–Crippen MR) is 63.4 cm³/mol. The van der Waals surface area contributed by atoms with Crippen LogP contribution in [0.2, 0.25) is 0 Å². The Hall–Kier alpha value is -1.40. The highest BCUT2D eigenvalue weighted by atomic mass is 16.6. The first kappa shape index (κ1) is 13.0. The van der Waals surface area contributed by atoms with Gasteiger partial charge in [-0.3, -0.25) is 10.6 Å². The molecule has 2 atom stereocenters. The van der Waals surface area contributed by atoms with Crippen LogP contribution in [0.15, 0.2) is 12.2 Å². The van der Waals surface area contributed by atoms with Crippen molar-refractivity contribution in [2.45, 2.75) is 38.1 Å². The summed E-state index contributed by atoms with van der Waals surface area (Å²) in [5, 5.41) is 6.06. The smallest absolute Gasteiger partial charge is 0.332 e. The third-order valence-electron chi connectivity index (χ3n) is 2.90. The molecule has 2 aliphatic heterocycles. The Kier molecular flexibility index (Phi) is 4.72. The molecule has 2 saturated heterocycles. The van der Waals surface area contributed by atoms with Crippen LogP contribution in [0.5, 0.6) is 0 Å². The van der Waals surface area contributed by atoms with Gasteiger partial charge in [0.05, 0.1) is 0 Å². The third kappa shape index (κ3) is 4.12. The molecule has 18 heavy (non-hydrogen) atoms. The van der Waals surface area contributed by atoms with E-state index in [1.807, 2.05) is 0 Å². The van der Waals surface area contributed by atoms with E-state index in [9.17, 15) is 9.59 Å². The minimum atomic E-state index is -0.522. The molecule has 0 aromatic carbocycles. The first-order valence-corrected chi connectivity index (χ1v) is 6.30. The van der Waals surface area contributed by atoms with E-state index >= 15 is 0 Å². The van der Waals surface area contributed by atoms with E-state index in [0.29, 0.717) is 0 Å². The van der Waals surface area contributed by atoms with Crippen LogP contribution in [-0.2, 0) is 19.1 Å². The minimum absolute atomic E-state index is 0.227. The minimum Gasteiger partial charge on any atom is -0.443 e. The Labute approximate surface area is 106 Å². The van der Waals surface area contributed by atoms with Gasteiger partial charge in [-0.1, -0.05) is 0 Å². The van der Waals surface area contributed by atoms with Crippen LogP contribution < -0.4 is 10.6 Å². The summed E-state index contributed by atoms with van der Waals surface area (Å²) < 4.78 is 10.1. The fraction of sp³-hybridized carbons (Fsp3) is 0.667. The van der Waals surface area contributed by atoms with Crippen LogP contribution in [-0.4, -0.2) is 37.5 Å². The van der Waals surface area contributed by atoms with Gasteiger partial charge >= 0.3 is 11.9 Å². The zero-order valence-electron chi connectivity index (χ0n) is 10.2. The number of ether oxygens (including phenoxy) is 2. The number of carbonyl (C=O) groups excluding carboxylic acids is 2. The van der Waals surface area contributed by atoms with Gasteiger partial charge in [-0.2, -0.15) is 0 Å². The number of nitrogens with one attached hydrogen (secondary N) is 2. The molecule has 0 radical (unpaired) electrons. The molecular formula is C12H18N2O4. The average Bonchev–Trinajstić information content (AvgIpc) is 2.99. The highest BCUT2D eigenvalue weighted by molar-refractivity contribution is 5.91. The summed E-state index contributed by atoms with van der Waals surface area (Å²) in [7, 11) is 0. The molecule has 2 unspecified atom stereocenters. The van der Waals surface area contributed by atoms with Crippen LogP contribution in [0.3, 0.4) is 0 Å². The summed E-state index contributed by atoms with van der Waals surface area (Å²) in [5.74, 6) is -1.04. The maximum Gasteiger partial charge on any atom is 0.332 e. The standard InChI is InChI=1S/C12H18N2O4/c15-11(17-9-3-1-7-13-9)5-6-12(16)18-10-4-2-8-14-10/h5-6,9-10,13-14H,1-4,7-8H2/b6-5+. The van der Waals surface area contributed by atoms with E-state index < -0.39 is 11.9 Å². The Morgan fingerprint density at radius 3 is 1.67 bits per heavy atom. The van der Waals surface area contributed by atoms with Crippen molar-refractivity contribution in [1.82, 2.24) is 10.6 Å². The van der Waals surface area contributed by atoms with Crippen molar-refractivity contribution in [1.29, 1.82) is 0 Å². The second kappa shape index (κ2) is 6.51. The predicted octanol–water partition coefficient (Wildman–Crippen LogP) is 0.0480. The lowest BCUT2D eigenvalue weighted by Crippen LogP contribution is -2.27. The number of esters is 2. The Morgan fingerprint density at radius 1 is 0.889 bits per heavy atom. The summed E-state index contributed by atoms with van der Waals surface area (Å²) >= 11 is 0. The van der Waals surface area contributed by atoms with Crippen LogP contribution in [0.25, 0.3) is 0 Å². The molecule has 0 aliphatic carbocycles. The lowest BCUT2D eigenvalue weighted by atomic mass is 10.3. The molecule has 2 heterocycles. The van der Waals surface area contributed by atoms with Crippen molar-refractivity contribution in [3.8, 4) is 0 Å². The summed E-state index contributed by atoms with van der Waals surface area (Å²) in [4.78, 5) is 22.7. The zero-order valence-corrected chi connectivity index (χ0v) is 10.2. The van der Waals surface area contributed by atoms with E-state index in [-0.39, 0.29) is 12.5 Å².